The first-order valence-electron chi connectivity index (χ1n) is 12.1. The lowest BCUT2D eigenvalue weighted by molar-refractivity contribution is -0.124. The minimum absolute atomic E-state index is 0.00565. The Bertz CT molecular complexity index is 982. The van der Waals surface area contributed by atoms with E-state index >= 15 is 0 Å². The number of carbonyl (C=O) groups excluding carboxylic acids is 2. The van der Waals surface area contributed by atoms with Crippen LogP contribution < -0.4 is 15.4 Å². The van der Waals surface area contributed by atoms with Crippen molar-refractivity contribution in [3.63, 3.8) is 0 Å². The van der Waals surface area contributed by atoms with Crippen molar-refractivity contribution in [2.45, 2.75) is 51.5 Å². The Hall–Kier alpha value is -2.86. The lowest BCUT2D eigenvalue weighted by atomic mass is 9.89. The van der Waals surface area contributed by atoms with Crippen LogP contribution in [0.15, 0.2) is 42.5 Å². The van der Waals surface area contributed by atoms with Crippen LogP contribution >= 0.6 is 0 Å². The predicted molar refractivity (Wildman–Crippen MR) is 130 cm³/mol. The van der Waals surface area contributed by atoms with Crippen LogP contribution in [0, 0.1) is 5.92 Å². The second-order valence-electron chi connectivity index (χ2n) is 9.26. The van der Waals surface area contributed by atoms with Gasteiger partial charge >= 0.3 is 0 Å². The quantitative estimate of drug-likeness (QED) is 0.668. The number of aryl methyl sites for hydroxylation is 2. The Morgan fingerprint density at radius 3 is 2.55 bits per heavy atom. The summed E-state index contributed by atoms with van der Waals surface area (Å²) < 4.78 is 5.32. The molecule has 0 spiro atoms. The van der Waals surface area contributed by atoms with Gasteiger partial charge in [0.25, 0.3) is 0 Å². The van der Waals surface area contributed by atoms with Crippen LogP contribution in [-0.4, -0.2) is 43.5 Å². The molecule has 4 rings (SSSR count). The Balaban J connectivity index is 1.23. The van der Waals surface area contributed by atoms with E-state index in [1.807, 2.05) is 24.3 Å². The Kier molecular flexibility index (Phi) is 7.65. The van der Waals surface area contributed by atoms with Crippen molar-refractivity contribution >= 4 is 17.5 Å². The number of benzene rings is 2. The van der Waals surface area contributed by atoms with E-state index in [9.17, 15) is 9.59 Å². The molecule has 2 N–H and O–H groups in total. The number of amides is 2. The average molecular weight is 450 g/mol. The fourth-order valence-corrected chi connectivity index (χ4v) is 4.93. The van der Waals surface area contributed by atoms with Gasteiger partial charge in [-0.05, 0) is 87.4 Å². The normalized spacial score (nSPS) is 17.6. The van der Waals surface area contributed by atoms with Crippen molar-refractivity contribution in [3.8, 4) is 5.75 Å². The van der Waals surface area contributed by atoms with Crippen LogP contribution in [-0.2, 0) is 22.4 Å². The van der Waals surface area contributed by atoms with Crippen molar-refractivity contribution in [2.24, 2.45) is 5.92 Å². The summed E-state index contributed by atoms with van der Waals surface area (Å²) in [5, 5.41) is 6.15. The Labute approximate surface area is 196 Å². The minimum atomic E-state index is -0.0522. The smallest absolute Gasteiger partial charge is 0.234 e. The first-order valence-corrected chi connectivity index (χ1v) is 12.1. The van der Waals surface area contributed by atoms with E-state index in [0.29, 0.717) is 18.0 Å². The number of hydrogen-bond acceptors (Lipinski definition) is 4. The molecule has 2 aliphatic rings. The summed E-state index contributed by atoms with van der Waals surface area (Å²) in [6.07, 6.45) is 6.33. The number of nitrogens with one attached hydrogen (secondary N) is 2. The molecule has 6 nitrogen and oxygen atoms in total. The summed E-state index contributed by atoms with van der Waals surface area (Å²) in [6.45, 7) is 3.91. The van der Waals surface area contributed by atoms with E-state index in [-0.39, 0.29) is 23.8 Å². The van der Waals surface area contributed by atoms with Gasteiger partial charge in [-0.1, -0.05) is 30.3 Å². The monoisotopic (exact) mass is 449 g/mol. The number of fused-ring (bicyclic) bond motifs is 1. The lowest BCUT2D eigenvalue weighted by Crippen LogP contribution is -2.43. The number of methoxy groups -OCH3 is 1. The number of carbonyl (C=O) groups is 2. The summed E-state index contributed by atoms with van der Waals surface area (Å²) in [4.78, 5) is 27.5. The highest BCUT2D eigenvalue weighted by molar-refractivity contribution is 5.94. The number of anilines is 1. The minimum Gasteiger partial charge on any atom is -0.495 e. The van der Waals surface area contributed by atoms with E-state index in [1.165, 1.54) is 36.0 Å². The maximum absolute atomic E-state index is 12.7. The van der Waals surface area contributed by atoms with Gasteiger partial charge in [-0.3, -0.25) is 14.5 Å². The van der Waals surface area contributed by atoms with E-state index in [2.05, 4.69) is 40.7 Å². The van der Waals surface area contributed by atoms with Gasteiger partial charge in [-0.25, -0.2) is 0 Å². The molecule has 176 valence electrons. The molecule has 2 amide bonds. The van der Waals surface area contributed by atoms with Crippen LogP contribution in [0.4, 0.5) is 5.69 Å². The topological polar surface area (TPSA) is 70.7 Å². The molecule has 1 saturated heterocycles. The summed E-state index contributed by atoms with van der Waals surface area (Å²) in [6, 6.07) is 14.1. The molecule has 2 aromatic carbocycles. The molecular formula is C27H35N3O3. The SMILES string of the molecule is COc1ccccc1NC(=O)C1CCN(CC(=O)NC(C)c2ccc3c(c2)CCCC3)CC1. The maximum Gasteiger partial charge on any atom is 0.234 e. The van der Waals surface area contributed by atoms with Crippen LogP contribution in [0.5, 0.6) is 5.75 Å². The molecule has 0 radical (unpaired) electrons. The van der Waals surface area contributed by atoms with Crippen molar-refractivity contribution in [1.29, 1.82) is 0 Å². The second kappa shape index (κ2) is 10.8. The second-order valence-corrected chi connectivity index (χ2v) is 9.26. The number of ether oxygens (including phenoxy) is 1. The van der Waals surface area contributed by atoms with Gasteiger partial charge in [0.1, 0.15) is 5.75 Å². The Morgan fingerprint density at radius 1 is 1.06 bits per heavy atom. The molecule has 1 unspecified atom stereocenters. The molecular weight excluding hydrogens is 414 g/mol. The van der Waals surface area contributed by atoms with Gasteiger partial charge in [0.2, 0.25) is 11.8 Å². The van der Waals surface area contributed by atoms with Crippen molar-refractivity contribution in [3.05, 3.63) is 59.2 Å². The molecule has 0 bridgehead atoms. The molecule has 33 heavy (non-hydrogen) atoms. The van der Waals surface area contributed by atoms with Gasteiger partial charge in [0, 0.05) is 5.92 Å². The molecule has 1 atom stereocenters. The van der Waals surface area contributed by atoms with Gasteiger partial charge in [0.15, 0.2) is 0 Å². The highest BCUT2D eigenvalue weighted by atomic mass is 16.5. The van der Waals surface area contributed by atoms with Crippen molar-refractivity contribution in [2.75, 3.05) is 32.1 Å². The van der Waals surface area contributed by atoms with Gasteiger partial charge < -0.3 is 15.4 Å². The van der Waals surface area contributed by atoms with E-state index < -0.39 is 0 Å². The number of para-hydroxylation sites is 2. The van der Waals surface area contributed by atoms with Crippen LogP contribution in [0.2, 0.25) is 0 Å². The van der Waals surface area contributed by atoms with Crippen LogP contribution in [0.25, 0.3) is 0 Å². The van der Waals surface area contributed by atoms with Crippen LogP contribution in [0.1, 0.15) is 55.3 Å². The zero-order valence-corrected chi connectivity index (χ0v) is 19.7. The summed E-state index contributed by atoms with van der Waals surface area (Å²) in [5.74, 6) is 0.665. The first-order chi connectivity index (χ1) is 16.0. The van der Waals surface area contributed by atoms with E-state index in [4.69, 9.17) is 4.74 Å². The van der Waals surface area contributed by atoms with Gasteiger partial charge in [-0.2, -0.15) is 0 Å². The third-order valence-corrected chi connectivity index (χ3v) is 6.94. The van der Waals surface area contributed by atoms with Gasteiger partial charge in [0.05, 0.1) is 25.4 Å². The number of piperidine rings is 1. The zero-order chi connectivity index (χ0) is 23.2. The maximum atomic E-state index is 12.7. The first kappa shape index (κ1) is 23.3. The molecule has 1 heterocycles. The van der Waals surface area contributed by atoms with Crippen molar-refractivity contribution < 1.29 is 14.3 Å². The molecule has 1 aliphatic heterocycles. The van der Waals surface area contributed by atoms with Gasteiger partial charge in [-0.15, -0.1) is 0 Å². The van der Waals surface area contributed by atoms with Crippen LogP contribution in [0.3, 0.4) is 0 Å². The molecule has 1 aliphatic carbocycles. The van der Waals surface area contributed by atoms with E-state index in [1.54, 1.807) is 7.11 Å². The third-order valence-electron chi connectivity index (χ3n) is 6.94. The lowest BCUT2D eigenvalue weighted by Gasteiger charge is -2.31. The molecule has 2 aromatic rings. The molecule has 6 heteroatoms. The summed E-state index contributed by atoms with van der Waals surface area (Å²) >= 11 is 0. The fourth-order valence-electron chi connectivity index (χ4n) is 4.93. The van der Waals surface area contributed by atoms with Crippen molar-refractivity contribution in [1.82, 2.24) is 10.2 Å². The number of rotatable bonds is 7. The molecule has 0 saturated carbocycles. The number of nitrogens with zero attached hydrogens (tertiary/aromatic N) is 1. The highest BCUT2D eigenvalue weighted by Crippen LogP contribution is 2.26. The highest BCUT2D eigenvalue weighted by Gasteiger charge is 2.27. The predicted octanol–water partition coefficient (Wildman–Crippen LogP) is 4.10. The van der Waals surface area contributed by atoms with E-state index in [0.717, 1.165) is 32.4 Å². The average Bonchev–Trinajstić information content (AvgIpc) is 2.84. The standard InChI is InChI=1S/C27H35N3O3/c1-19(22-12-11-20-7-3-4-8-23(20)17-22)28-26(31)18-30-15-13-21(14-16-30)27(32)29-24-9-5-6-10-25(24)33-2/h5-6,9-12,17,19,21H,3-4,7-8,13-16,18H2,1-2H3,(H,28,31)(H,29,32). The number of hydrogen-bond donors (Lipinski definition) is 2. The fraction of sp³-hybridized carbons (Fsp3) is 0.481. The molecule has 1 fully saturated rings. The largest absolute Gasteiger partial charge is 0.495 e. The Morgan fingerprint density at radius 2 is 1.79 bits per heavy atom. The third kappa shape index (κ3) is 5.93. The zero-order valence-electron chi connectivity index (χ0n) is 19.7. The number of likely N-dealkylation sites (tertiary alicyclic amines) is 1. The molecule has 0 aromatic heterocycles. The summed E-state index contributed by atoms with van der Waals surface area (Å²) in [5.41, 5.74) is 4.77. The summed E-state index contributed by atoms with van der Waals surface area (Å²) in [7, 11) is 1.60.